The largest absolute Gasteiger partial charge is 0.232 e. The summed E-state index contributed by atoms with van der Waals surface area (Å²) in [6.07, 6.45) is 5.08. The number of isothiocyanates is 1. The van der Waals surface area contributed by atoms with Crippen molar-refractivity contribution in [3.8, 4) is 0 Å². The fraction of sp³-hybridized carbons (Fsp3) is 0.889. The van der Waals surface area contributed by atoms with Crippen LogP contribution >= 0.6 is 12.2 Å². The lowest BCUT2D eigenvalue weighted by Crippen LogP contribution is -2.02. The van der Waals surface area contributed by atoms with E-state index in [0.29, 0.717) is 0 Å². The summed E-state index contributed by atoms with van der Waals surface area (Å²) in [4.78, 5) is 3.96. The third kappa shape index (κ3) is 6.21. The Labute approximate surface area is 74.9 Å². The van der Waals surface area contributed by atoms with Gasteiger partial charge in [-0.3, -0.25) is 0 Å². The van der Waals surface area contributed by atoms with Crippen molar-refractivity contribution in [3.05, 3.63) is 0 Å². The van der Waals surface area contributed by atoms with E-state index in [1.165, 1.54) is 25.7 Å². The summed E-state index contributed by atoms with van der Waals surface area (Å²) < 4.78 is 0. The molecule has 0 aliphatic heterocycles. The second-order valence-corrected chi connectivity index (χ2v) is 3.03. The first kappa shape index (κ1) is 10.8. The predicted molar refractivity (Wildman–Crippen MR) is 53.2 cm³/mol. The van der Waals surface area contributed by atoms with Crippen molar-refractivity contribution in [2.75, 3.05) is 6.54 Å². The summed E-state index contributed by atoms with van der Waals surface area (Å²) in [5, 5.41) is 2.42. The standard InChI is InChI=1S/C9H17NS/c1-3-5-6-9(4-2)7-10-8-11/h9H,3-7H2,1-2H3. The van der Waals surface area contributed by atoms with Gasteiger partial charge in [0.25, 0.3) is 0 Å². The molecule has 0 aromatic heterocycles. The van der Waals surface area contributed by atoms with Crippen LogP contribution in [0.3, 0.4) is 0 Å². The van der Waals surface area contributed by atoms with Crippen molar-refractivity contribution >= 4 is 17.4 Å². The molecule has 1 nitrogen and oxygen atoms in total. The van der Waals surface area contributed by atoms with E-state index in [4.69, 9.17) is 0 Å². The fourth-order valence-electron chi connectivity index (χ4n) is 1.08. The molecule has 2 heteroatoms. The van der Waals surface area contributed by atoms with Crippen LogP contribution in [0.2, 0.25) is 0 Å². The number of unbranched alkanes of at least 4 members (excludes halogenated alkanes) is 1. The average molecular weight is 171 g/mol. The maximum atomic E-state index is 4.51. The van der Waals surface area contributed by atoms with Gasteiger partial charge in [-0.1, -0.05) is 33.1 Å². The van der Waals surface area contributed by atoms with E-state index in [1.54, 1.807) is 0 Å². The van der Waals surface area contributed by atoms with Gasteiger partial charge in [-0.15, -0.1) is 0 Å². The minimum absolute atomic E-state index is 0.727. The molecule has 0 spiro atoms. The molecule has 0 N–H and O–H groups in total. The molecular weight excluding hydrogens is 154 g/mol. The molecule has 0 aliphatic carbocycles. The molecule has 0 rings (SSSR count). The Morgan fingerprint density at radius 2 is 2.18 bits per heavy atom. The topological polar surface area (TPSA) is 12.4 Å². The smallest absolute Gasteiger partial charge is 0.0585 e. The zero-order valence-electron chi connectivity index (χ0n) is 7.47. The Kier molecular flexibility index (Phi) is 7.76. The number of hydrogen-bond donors (Lipinski definition) is 0. The highest BCUT2D eigenvalue weighted by atomic mass is 32.1. The van der Waals surface area contributed by atoms with Gasteiger partial charge in [0.15, 0.2) is 0 Å². The van der Waals surface area contributed by atoms with Gasteiger partial charge in [-0.25, -0.2) is 4.99 Å². The SMILES string of the molecule is CCCCC(CC)CN=C=S. The minimum atomic E-state index is 0.727. The summed E-state index contributed by atoms with van der Waals surface area (Å²) >= 11 is 4.51. The van der Waals surface area contributed by atoms with E-state index in [0.717, 1.165) is 12.5 Å². The van der Waals surface area contributed by atoms with E-state index in [1.807, 2.05) is 0 Å². The monoisotopic (exact) mass is 171 g/mol. The fourth-order valence-corrected chi connectivity index (χ4v) is 1.16. The van der Waals surface area contributed by atoms with Gasteiger partial charge in [-0.2, -0.15) is 0 Å². The molecule has 0 aliphatic rings. The van der Waals surface area contributed by atoms with Gasteiger partial charge in [0, 0.05) is 0 Å². The zero-order chi connectivity index (χ0) is 8.53. The molecular formula is C9H17NS. The van der Waals surface area contributed by atoms with E-state index in [2.05, 4.69) is 36.2 Å². The van der Waals surface area contributed by atoms with Crippen LogP contribution in [0.5, 0.6) is 0 Å². The Morgan fingerprint density at radius 3 is 2.64 bits per heavy atom. The molecule has 0 saturated carbocycles. The van der Waals surface area contributed by atoms with Crippen molar-refractivity contribution in [1.82, 2.24) is 0 Å². The van der Waals surface area contributed by atoms with Gasteiger partial charge in [-0.05, 0) is 24.6 Å². The maximum absolute atomic E-state index is 4.51. The second-order valence-electron chi connectivity index (χ2n) is 2.85. The van der Waals surface area contributed by atoms with Crippen molar-refractivity contribution in [3.63, 3.8) is 0 Å². The summed E-state index contributed by atoms with van der Waals surface area (Å²) in [7, 11) is 0. The van der Waals surface area contributed by atoms with E-state index < -0.39 is 0 Å². The maximum Gasteiger partial charge on any atom is 0.0585 e. The van der Waals surface area contributed by atoms with E-state index >= 15 is 0 Å². The minimum Gasteiger partial charge on any atom is -0.232 e. The van der Waals surface area contributed by atoms with Crippen LogP contribution in [-0.2, 0) is 0 Å². The van der Waals surface area contributed by atoms with Gasteiger partial charge >= 0.3 is 0 Å². The second kappa shape index (κ2) is 7.90. The number of rotatable bonds is 6. The summed E-state index contributed by atoms with van der Waals surface area (Å²) in [6, 6.07) is 0. The summed E-state index contributed by atoms with van der Waals surface area (Å²) in [6.45, 7) is 5.30. The average Bonchev–Trinajstić information content (AvgIpc) is 2.05. The van der Waals surface area contributed by atoms with Crippen LogP contribution in [0.1, 0.15) is 39.5 Å². The van der Waals surface area contributed by atoms with Crippen molar-refractivity contribution in [2.24, 2.45) is 10.9 Å². The molecule has 0 aromatic rings. The first-order valence-electron chi connectivity index (χ1n) is 4.38. The highest BCUT2D eigenvalue weighted by molar-refractivity contribution is 7.78. The predicted octanol–water partition coefficient (Wildman–Crippen LogP) is 3.31. The molecule has 0 fully saturated rings. The van der Waals surface area contributed by atoms with Crippen LogP contribution in [0.4, 0.5) is 0 Å². The molecule has 0 bridgehead atoms. The lowest BCUT2D eigenvalue weighted by atomic mass is 10.00. The quantitative estimate of drug-likeness (QED) is 0.441. The first-order valence-corrected chi connectivity index (χ1v) is 4.79. The zero-order valence-corrected chi connectivity index (χ0v) is 8.28. The highest BCUT2D eigenvalue weighted by Crippen LogP contribution is 2.12. The van der Waals surface area contributed by atoms with Gasteiger partial charge in [0.2, 0.25) is 0 Å². The van der Waals surface area contributed by atoms with Crippen LogP contribution in [0.25, 0.3) is 0 Å². The highest BCUT2D eigenvalue weighted by Gasteiger charge is 2.02. The van der Waals surface area contributed by atoms with Crippen LogP contribution in [0, 0.1) is 5.92 Å². The van der Waals surface area contributed by atoms with Crippen LogP contribution in [0.15, 0.2) is 4.99 Å². The molecule has 1 unspecified atom stereocenters. The van der Waals surface area contributed by atoms with E-state index in [-0.39, 0.29) is 0 Å². The van der Waals surface area contributed by atoms with Gasteiger partial charge < -0.3 is 0 Å². The lowest BCUT2D eigenvalue weighted by Gasteiger charge is -2.09. The third-order valence-corrected chi connectivity index (χ3v) is 2.09. The summed E-state index contributed by atoms with van der Waals surface area (Å²) in [5.74, 6) is 0.727. The van der Waals surface area contributed by atoms with E-state index in [9.17, 15) is 0 Å². The van der Waals surface area contributed by atoms with Gasteiger partial charge in [0.05, 0.1) is 11.7 Å². The molecule has 64 valence electrons. The normalized spacial score (nSPS) is 12.2. The van der Waals surface area contributed by atoms with Crippen molar-refractivity contribution < 1.29 is 0 Å². The number of hydrogen-bond acceptors (Lipinski definition) is 2. The van der Waals surface area contributed by atoms with Crippen molar-refractivity contribution in [1.29, 1.82) is 0 Å². The Bertz CT molecular complexity index is 128. The molecule has 1 atom stereocenters. The molecule has 0 amide bonds. The molecule has 0 aromatic carbocycles. The number of aliphatic imine (C=N–C) groups is 1. The Hall–Kier alpha value is -0.200. The lowest BCUT2D eigenvalue weighted by molar-refractivity contribution is 0.463. The third-order valence-electron chi connectivity index (χ3n) is 1.96. The van der Waals surface area contributed by atoms with Gasteiger partial charge in [0.1, 0.15) is 0 Å². The first-order chi connectivity index (χ1) is 5.35. The van der Waals surface area contributed by atoms with Crippen molar-refractivity contribution in [2.45, 2.75) is 39.5 Å². The number of nitrogens with zero attached hydrogens (tertiary/aromatic N) is 1. The molecule has 0 radical (unpaired) electrons. The van der Waals surface area contributed by atoms with Crippen LogP contribution in [-0.4, -0.2) is 11.7 Å². The summed E-state index contributed by atoms with van der Waals surface area (Å²) in [5.41, 5.74) is 0. The Balaban J connectivity index is 3.48. The number of thiocarbonyl (C=S) groups is 1. The Morgan fingerprint density at radius 1 is 1.45 bits per heavy atom. The molecule has 0 heterocycles. The van der Waals surface area contributed by atoms with Crippen LogP contribution < -0.4 is 0 Å². The molecule has 11 heavy (non-hydrogen) atoms. The molecule has 0 saturated heterocycles.